The predicted octanol–water partition coefficient (Wildman–Crippen LogP) is 0.575. The average molecular weight is 271 g/mol. The number of Topliss-reactive ketones (excluding diaryl/α,β-unsaturated/α-hetero) is 1. The number of aliphatic hydroxyl groups excluding tert-OH is 1. The first kappa shape index (κ1) is 11.4. The highest BCUT2D eigenvalue weighted by Crippen LogP contribution is 2.74. The number of ketones is 1. The quantitative estimate of drug-likeness (QED) is 0.453. The minimum absolute atomic E-state index is 0.0225. The number of methoxy groups -OCH3 is 2. The first-order chi connectivity index (χ1) is 8.54. The number of hydrogen-bond donors (Lipinski definition) is 1. The van der Waals surface area contributed by atoms with Crippen LogP contribution in [0, 0.1) is 29.6 Å². The fourth-order valence-electron chi connectivity index (χ4n) is 5.14. The molecule has 4 aliphatic carbocycles. The number of aliphatic hydroxyl groups is 1. The Morgan fingerprint density at radius 1 is 1.33 bits per heavy atom. The zero-order valence-corrected chi connectivity index (χ0v) is 10.9. The summed E-state index contributed by atoms with van der Waals surface area (Å²) in [5.41, 5.74) is 0. The molecule has 1 N–H and O–H groups in total. The van der Waals surface area contributed by atoms with E-state index in [1.807, 2.05) is 12.2 Å². The fraction of sp³-hybridized carbons (Fsp3) is 0.769. The summed E-state index contributed by atoms with van der Waals surface area (Å²) in [6.45, 7) is 0. The van der Waals surface area contributed by atoms with Crippen molar-refractivity contribution in [3.05, 3.63) is 12.2 Å². The maximum Gasteiger partial charge on any atom is 0.198 e. The van der Waals surface area contributed by atoms with Crippen LogP contribution in [-0.4, -0.2) is 41.9 Å². The van der Waals surface area contributed by atoms with E-state index in [9.17, 15) is 9.90 Å². The predicted molar refractivity (Wildman–Crippen MR) is 62.9 cm³/mol. The molecule has 3 fully saturated rings. The van der Waals surface area contributed by atoms with E-state index in [1.54, 1.807) is 0 Å². The summed E-state index contributed by atoms with van der Waals surface area (Å²) in [6, 6.07) is 0. The summed E-state index contributed by atoms with van der Waals surface area (Å²) < 4.78 is 11.1. The van der Waals surface area contributed by atoms with Crippen molar-refractivity contribution in [3.63, 3.8) is 0 Å². The third-order valence-corrected chi connectivity index (χ3v) is 6.34. The van der Waals surface area contributed by atoms with Gasteiger partial charge < -0.3 is 14.6 Å². The fourth-order valence-corrected chi connectivity index (χ4v) is 5.76. The molecule has 3 saturated carbocycles. The second-order valence-corrected chi connectivity index (χ2v) is 6.36. The number of carbonyl (C=O) groups excluding carboxylic acids is 1. The van der Waals surface area contributed by atoms with E-state index in [0.717, 1.165) is 0 Å². The summed E-state index contributed by atoms with van der Waals surface area (Å²) in [7, 11) is 3.06. The van der Waals surface area contributed by atoms with Crippen LogP contribution in [0.4, 0.5) is 0 Å². The molecule has 0 aliphatic heterocycles. The Kier molecular flexibility index (Phi) is 1.91. The smallest absolute Gasteiger partial charge is 0.198 e. The Hall–Kier alpha value is -0.420. The van der Waals surface area contributed by atoms with Gasteiger partial charge in [-0.3, -0.25) is 4.79 Å². The molecule has 0 spiro atoms. The molecule has 7 atom stereocenters. The molecule has 2 unspecified atom stereocenters. The Labute approximate surface area is 110 Å². The van der Waals surface area contributed by atoms with E-state index in [-0.39, 0.29) is 35.4 Å². The normalized spacial score (nSPS) is 57.9. The molecule has 4 nitrogen and oxygen atoms in total. The van der Waals surface area contributed by atoms with E-state index in [2.05, 4.69) is 0 Å². The number of alkyl halides is 1. The molecule has 0 radical (unpaired) electrons. The zero-order chi connectivity index (χ0) is 12.9. The van der Waals surface area contributed by atoms with Crippen LogP contribution in [0.1, 0.15) is 0 Å². The maximum absolute atomic E-state index is 12.6. The molecule has 18 heavy (non-hydrogen) atoms. The van der Waals surface area contributed by atoms with Gasteiger partial charge in [-0.1, -0.05) is 12.2 Å². The maximum atomic E-state index is 12.6. The number of ether oxygens (including phenoxy) is 2. The second-order valence-electron chi connectivity index (χ2n) is 5.76. The molecule has 0 saturated heterocycles. The summed E-state index contributed by atoms with van der Waals surface area (Å²) >= 11 is 6.70. The molecule has 0 aromatic heterocycles. The lowest BCUT2D eigenvalue weighted by atomic mass is 9.78. The molecule has 98 valence electrons. The lowest BCUT2D eigenvalue weighted by molar-refractivity contribution is -0.232. The second kappa shape index (κ2) is 3.01. The molecule has 0 amide bonds. The number of allylic oxidation sites excluding steroid dienone is 1. The molecule has 4 aliphatic rings. The first-order valence-corrected chi connectivity index (χ1v) is 6.62. The van der Waals surface area contributed by atoms with Crippen molar-refractivity contribution >= 4 is 17.4 Å². The molecule has 4 bridgehead atoms. The third kappa shape index (κ3) is 0.770. The van der Waals surface area contributed by atoms with Crippen LogP contribution in [0.2, 0.25) is 0 Å². The Morgan fingerprint density at radius 2 is 2.00 bits per heavy atom. The van der Waals surface area contributed by atoms with E-state index in [1.165, 1.54) is 14.2 Å². The van der Waals surface area contributed by atoms with Crippen molar-refractivity contribution in [1.82, 2.24) is 0 Å². The Balaban J connectivity index is 2.02. The molecule has 0 aromatic carbocycles. The van der Waals surface area contributed by atoms with Crippen molar-refractivity contribution in [3.8, 4) is 0 Å². The first-order valence-electron chi connectivity index (χ1n) is 6.24. The molecular formula is C13H15ClO4. The average Bonchev–Trinajstić information content (AvgIpc) is 2.70. The van der Waals surface area contributed by atoms with E-state index >= 15 is 0 Å². The molecule has 0 aromatic rings. The highest BCUT2D eigenvalue weighted by Gasteiger charge is 2.86. The van der Waals surface area contributed by atoms with E-state index in [0.29, 0.717) is 0 Å². The van der Waals surface area contributed by atoms with Crippen LogP contribution in [0.25, 0.3) is 0 Å². The lowest BCUT2D eigenvalue weighted by Gasteiger charge is -2.37. The zero-order valence-electron chi connectivity index (χ0n) is 10.2. The highest BCUT2D eigenvalue weighted by atomic mass is 35.5. The number of halogens is 1. The number of hydrogen-bond acceptors (Lipinski definition) is 4. The van der Waals surface area contributed by atoms with Gasteiger partial charge in [0, 0.05) is 43.8 Å². The van der Waals surface area contributed by atoms with Gasteiger partial charge >= 0.3 is 0 Å². The van der Waals surface area contributed by atoms with Crippen molar-refractivity contribution in [2.75, 3.05) is 14.2 Å². The van der Waals surface area contributed by atoms with Gasteiger partial charge in [0.1, 0.15) is 0 Å². The lowest BCUT2D eigenvalue weighted by Crippen LogP contribution is -2.53. The van der Waals surface area contributed by atoms with Crippen molar-refractivity contribution in [2.24, 2.45) is 29.6 Å². The van der Waals surface area contributed by atoms with Crippen LogP contribution in [0.15, 0.2) is 12.2 Å². The topological polar surface area (TPSA) is 55.8 Å². The van der Waals surface area contributed by atoms with Crippen LogP contribution in [-0.2, 0) is 14.3 Å². The minimum atomic E-state index is -1.18. The van der Waals surface area contributed by atoms with Gasteiger partial charge in [0.25, 0.3) is 0 Å². The minimum Gasteiger partial charge on any atom is -0.392 e. The van der Waals surface area contributed by atoms with Gasteiger partial charge in [-0.05, 0) is 0 Å². The molecule has 5 heteroatoms. The van der Waals surface area contributed by atoms with Crippen molar-refractivity contribution < 1.29 is 19.4 Å². The molecule has 4 rings (SSSR count). The van der Waals surface area contributed by atoms with Gasteiger partial charge in [0.2, 0.25) is 0 Å². The van der Waals surface area contributed by atoms with Crippen LogP contribution >= 0.6 is 11.6 Å². The van der Waals surface area contributed by atoms with Gasteiger partial charge in [-0.2, -0.15) is 0 Å². The van der Waals surface area contributed by atoms with Gasteiger partial charge in [-0.15, -0.1) is 11.6 Å². The van der Waals surface area contributed by atoms with E-state index < -0.39 is 16.8 Å². The van der Waals surface area contributed by atoms with Crippen LogP contribution in [0.3, 0.4) is 0 Å². The summed E-state index contributed by atoms with van der Waals surface area (Å²) in [5.74, 6) is -1.87. The van der Waals surface area contributed by atoms with Crippen molar-refractivity contribution in [1.29, 1.82) is 0 Å². The Morgan fingerprint density at radius 3 is 2.61 bits per heavy atom. The number of rotatable bonds is 2. The Bertz CT molecular complexity index is 472. The third-order valence-electron chi connectivity index (χ3n) is 5.63. The largest absolute Gasteiger partial charge is 0.392 e. The van der Waals surface area contributed by atoms with E-state index in [4.69, 9.17) is 21.1 Å². The van der Waals surface area contributed by atoms with Crippen LogP contribution < -0.4 is 0 Å². The SMILES string of the molecule is COC1(OC)[C@H]2[C@H]3[C@H](O)C4C=C[C@@H]3C1(Cl)C(=O)[C@@H]42. The highest BCUT2D eigenvalue weighted by molar-refractivity contribution is 6.38. The summed E-state index contributed by atoms with van der Waals surface area (Å²) in [4.78, 5) is 11.5. The molecular weight excluding hydrogens is 256 g/mol. The number of fused-ring (bicyclic) bond motifs is 4. The molecule has 0 heterocycles. The monoisotopic (exact) mass is 270 g/mol. The van der Waals surface area contributed by atoms with Gasteiger partial charge in [-0.25, -0.2) is 0 Å². The van der Waals surface area contributed by atoms with Gasteiger partial charge in [0.15, 0.2) is 16.4 Å². The van der Waals surface area contributed by atoms with Crippen molar-refractivity contribution in [2.45, 2.75) is 16.8 Å². The standard InChI is InChI=1S/C13H15ClO4/c1-17-13(18-2)9-7-5-3-4-6(8(9)10(5)15)12(13,14)11(7)16/h3-10,15H,1-2H3/t5?,6-,7-,8-,9+,10+,12?/m0/s1. The summed E-state index contributed by atoms with van der Waals surface area (Å²) in [5, 5.41) is 10.4. The summed E-state index contributed by atoms with van der Waals surface area (Å²) in [6.07, 6.45) is 3.42. The number of carbonyl (C=O) groups is 1. The van der Waals surface area contributed by atoms with Crippen LogP contribution in [0.5, 0.6) is 0 Å². The van der Waals surface area contributed by atoms with Gasteiger partial charge in [0.05, 0.1) is 6.10 Å².